The summed E-state index contributed by atoms with van der Waals surface area (Å²) in [7, 11) is -3.25. The second kappa shape index (κ2) is 6.20. The van der Waals surface area contributed by atoms with Gasteiger partial charge in [0.15, 0.2) is 5.82 Å². The number of hydrogen-bond acceptors (Lipinski definition) is 5. The minimum absolute atomic E-state index is 0.110. The lowest BCUT2D eigenvalue weighted by molar-refractivity contribution is -0.126. The van der Waals surface area contributed by atoms with Gasteiger partial charge in [-0.2, -0.15) is 0 Å². The Morgan fingerprint density at radius 2 is 2.09 bits per heavy atom. The fourth-order valence-electron chi connectivity index (χ4n) is 3.35. The van der Waals surface area contributed by atoms with Crippen LogP contribution in [0.3, 0.4) is 0 Å². The largest absolute Gasteiger partial charge is 0.346 e. The number of nitrogens with zero attached hydrogens (tertiary/aromatic N) is 4. The molecule has 2 aliphatic rings. The van der Waals surface area contributed by atoms with E-state index in [2.05, 4.69) is 20.1 Å². The molecule has 128 valence electrons. The summed E-state index contributed by atoms with van der Waals surface area (Å²) in [6.07, 6.45) is 4.60. The van der Waals surface area contributed by atoms with E-state index in [1.165, 1.54) is 10.6 Å². The van der Waals surface area contributed by atoms with Crippen LogP contribution in [0.4, 0.5) is 0 Å². The summed E-state index contributed by atoms with van der Waals surface area (Å²) in [6, 6.07) is -0.226. The number of aryl methyl sites for hydroxylation is 1. The Labute approximate surface area is 136 Å². The highest BCUT2D eigenvalue weighted by Gasteiger charge is 2.31. The molecule has 2 atom stereocenters. The first kappa shape index (κ1) is 16.4. The van der Waals surface area contributed by atoms with E-state index in [1.54, 1.807) is 0 Å². The molecule has 0 aromatic carbocycles. The maximum absolute atomic E-state index is 12.5. The van der Waals surface area contributed by atoms with Gasteiger partial charge >= 0.3 is 0 Å². The molecule has 1 amide bonds. The zero-order chi connectivity index (χ0) is 16.6. The first-order valence-electron chi connectivity index (χ1n) is 8.03. The maximum Gasteiger partial charge on any atom is 0.225 e. The second-order valence-corrected chi connectivity index (χ2v) is 8.40. The van der Waals surface area contributed by atoms with Crippen molar-refractivity contribution in [2.24, 2.45) is 5.92 Å². The van der Waals surface area contributed by atoms with Crippen molar-refractivity contribution in [2.75, 3.05) is 19.3 Å². The van der Waals surface area contributed by atoms with Crippen molar-refractivity contribution in [3.05, 3.63) is 11.6 Å². The van der Waals surface area contributed by atoms with Crippen LogP contribution >= 0.6 is 0 Å². The van der Waals surface area contributed by atoms with Crippen LogP contribution < -0.4 is 5.32 Å². The quantitative estimate of drug-likeness (QED) is 0.836. The van der Waals surface area contributed by atoms with Crippen LogP contribution in [0, 0.1) is 5.92 Å². The summed E-state index contributed by atoms with van der Waals surface area (Å²) >= 11 is 0. The van der Waals surface area contributed by atoms with E-state index in [0.717, 1.165) is 31.0 Å². The van der Waals surface area contributed by atoms with E-state index in [0.29, 0.717) is 19.4 Å². The van der Waals surface area contributed by atoms with Crippen LogP contribution in [0.15, 0.2) is 0 Å². The van der Waals surface area contributed by atoms with Gasteiger partial charge in [0.1, 0.15) is 5.82 Å². The lowest BCUT2D eigenvalue weighted by Crippen LogP contribution is -2.45. The molecule has 3 rings (SSSR count). The molecule has 0 unspecified atom stereocenters. The number of carbonyl (C=O) groups is 1. The molecule has 0 radical (unpaired) electrons. The molecule has 8 nitrogen and oxygen atoms in total. The van der Waals surface area contributed by atoms with Gasteiger partial charge in [0.25, 0.3) is 0 Å². The number of amides is 1. The molecule has 0 spiro atoms. The van der Waals surface area contributed by atoms with Crippen molar-refractivity contribution in [3.8, 4) is 0 Å². The van der Waals surface area contributed by atoms with Gasteiger partial charge in [-0.1, -0.05) is 0 Å². The highest BCUT2D eigenvalue weighted by molar-refractivity contribution is 7.88. The van der Waals surface area contributed by atoms with Crippen molar-refractivity contribution in [3.63, 3.8) is 0 Å². The Kier molecular flexibility index (Phi) is 4.41. The average molecular weight is 341 g/mol. The van der Waals surface area contributed by atoms with Gasteiger partial charge in [-0.05, 0) is 26.2 Å². The van der Waals surface area contributed by atoms with Crippen molar-refractivity contribution in [2.45, 2.75) is 45.2 Å². The molecule has 0 aliphatic carbocycles. The van der Waals surface area contributed by atoms with Gasteiger partial charge in [-0.15, -0.1) is 10.2 Å². The number of piperidine rings is 1. The van der Waals surface area contributed by atoms with Crippen LogP contribution in [-0.4, -0.2) is 52.7 Å². The van der Waals surface area contributed by atoms with E-state index in [-0.39, 0.29) is 24.4 Å². The van der Waals surface area contributed by atoms with E-state index >= 15 is 0 Å². The van der Waals surface area contributed by atoms with Crippen molar-refractivity contribution in [1.29, 1.82) is 0 Å². The minimum atomic E-state index is -3.25. The fraction of sp³-hybridized carbons (Fsp3) is 0.786. The van der Waals surface area contributed by atoms with Crippen molar-refractivity contribution < 1.29 is 13.2 Å². The number of fused-ring (bicyclic) bond motifs is 1. The number of carbonyl (C=O) groups excluding carboxylic acids is 1. The molecule has 1 aromatic heterocycles. The Balaban J connectivity index is 1.64. The monoisotopic (exact) mass is 341 g/mol. The zero-order valence-corrected chi connectivity index (χ0v) is 14.3. The van der Waals surface area contributed by atoms with Crippen LogP contribution in [-0.2, 0) is 27.8 Å². The number of hydrogen-bond donors (Lipinski definition) is 1. The van der Waals surface area contributed by atoms with Crippen LogP contribution in [0.5, 0.6) is 0 Å². The topological polar surface area (TPSA) is 97.2 Å². The van der Waals surface area contributed by atoms with Gasteiger partial charge in [0, 0.05) is 26.1 Å². The van der Waals surface area contributed by atoms with Gasteiger partial charge in [0.2, 0.25) is 15.9 Å². The summed E-state index contributed by atoms with van der Waals surface area (Å²) < 4.78 is 26.8. The lowest BCUT2D eigenvalue weighted by Gasteiger charge is -2.30. The SMILES string of the molecule is C[C@@H](NC(=O)[C@@H]1CCCN(S(C)(=O)=O)C1)c1nnc2n1CCC2. The number of aromatic nitrogens is 3. The van der Waals surface area contributed by atoms with E-state index in [4.69, 9.17) is 0 Å². The van der Waals surface area contributed by atoms with E-state index in [9.17, 15) is 13.2 Å². The molecule has 3 heterocycles. The maximum atomic E-state index is 12.5. The summed E-state index contributed by atoms with van der Waals surface area (Å²) in [5, 5.41) is 11.3. The summed E-state index contributed by atoms with van der Waals surface area (Å²) in [5.74, 6) is 1.34. The van der Waals surface area contributed by atoms with Crippen molar-refractivity contribution >= 4 is 15.9 Å². The van der Waals surface area contributed by atoms with Crippen LogP contribution in [0.1, 0.15) is 43.9 Å². The molecule has 9 heteroatoms. The van der Waals surface area contributed by atoms with Gasteiger partial charge < -0.3 is 9.88 Å². The second-order valence-electron chi connectivity index (χ2n) is 6.42. The summed E-state index contributed by atoms with van der Waals surface area (Å²) in [4.78, 5) is 12.5. The fourth-order valence-corrected chi connectivity index (χ4v) is 4.26. The zero-order valence-electron chi connectivity index (χ0n) is 13.5. The third kappa shape index (κ3) is 3.40. The third-order valence-electron chi connectivity index (χ3n) is 4.61. The number of rotatable bonds is 4. The molecule has 2 aliphatic heterocycles. The van der Waals surface area contributed by atoms with Crippen LogP contribution in [0.2, 0.25) is 0 Å². The smallest absolute Gasteiger partial charge is 0.225 e. The minimum Gasteiger partial charge on any atom is -0.346 e. The molecule has 0 saturated carbocycles. The average Bonchev–Trinajstić information content (AvgIpc) is 3.09. The predicted octanol–water partition coefficient (Wildman–Crippen LogP) is 0.0731. The molecule has 1 aromatic rings. The normalized spacial score (nSPS) is 23.5. The highest BCUT2D eigenvalue weighted by Crippen LogP contribution is 2.22. The predicted molar refractivity (Wildman–Crippen MR) is 84.0 cm³/mol. The molecule has 23 heavy (non-hydrogen) atoms. The molecular weight excluding hydrogens is 318 g/mol. The Bertz CT molecular complexity index is 699. The van der Waals surface area contributed by atoms with Crippen molar-refractivity contribution in [1.82, 2.24) is 24.4 Å². The number of sulfonamides is 1. The Morgan fingerprint density at radius 3 is 2.83 bits per heavy atom. The standard InChI is InChI=1S/C14H23N5O3S/c1-10(13-17-16-12-6-4-8-19(12)13)15-14(20)11-5-3-7-18(9-11)23(2,21)22/h10-11H,3-9H2,1-2H3,(H,15,20)/t10-,11-/m1/s1. The highest BCUT2D eigenvalue weighted by atomic mass is 32.2. The molecule has 1 saturated heterocycles. The first-order valence-corrected chi connectivity index (χ1v) is 9.88. The first-order chi connectivity index (χ1) is 10.9. The molecular formula is C14H23N5O3S. The van der Waals surface area contributed by atoms with Gasteiger partial charge in [-0.25, -0.2) is 12.7 Å². The summed E-state index contributed by atoms with van der Waals surface area (Å²) in [6.45, 7) is 3.54. The molecule has 1 fully saturated rings. The van der Waals surface area contributed by atoms with Gasteiger partial charge in [-0.3, -0.25) is 4.79 Å². The Morgan fingerprint density at radius 1 is 1.30 bits per heavy atom. The lowest BCUT2D eigenvalue weighted by atomic mass is 9.98. The van der Waals surface area contributed by atoms with E-state index in [1.807, 2.05) is 6.92 Å². The van der Waals surface area contributed by atoms with Gasteiger partial charge in [0.05, 0.1) is 18.2 Å². The third-order valence-corrected chi connectivity index (χ3v) is 5.88. The molecule has 1 N–H and O–H groups in total. The van der Waals surface area contributed by atoms with Crippen LogP contribution in [0.25, 0.3) is 0 Å². The number of nitrogens with one attached hydrogen (secondary N) is 1. The Hall–Kier alpha value is -1.48. The van der Waals surface area contributed by atoms with E-state index < -0.39 is 10.0 Å². The molecule has 0 bridgehead atoms. The summed E-state index contributed by atoms with van der Waals surface area (Å²) in [5.41, 5.74) is 0.